The predicted octanol–water partition coefficient (Wildman–Crippen LogP) is -1.02. The Hall–Kier alpha value is -0.900. The lowest BCUT2D eigenvalue weighted by Gasteiger charge is -2.07. The summed E-state index contributed by atoms with van der Waals surface area (Å²) in [5.41, 5.74) is 0. The lowest BCUT2D eigenvalue weighted by molar-refractivity contribution is -0.128. The minimum atomic E-state index is -1.07. The summed E-state index contributed by atoms with van der Waals surface area (Å²) in [6, 6.07) is -0.651. The van der Waals surface area contributed by atoms with E-state index in [4.69, 9.17) is 5.11 Å². The van der Waals surface area contributed by atoms with Gasteiger partial charge in [0.1, 0.15) is 6.10 Å². The largest absolute Gasteiger partial charge is 0.384 e. The van der Waals surface area contributed by atoms with E-state index in [9.17, 15) is 9.59 Å². The molecule has 0 aliphatic carbocycles. The minimum absolute atomic E-state index is 0.559. The first kappa shape index (κ1) is 9.10. The molecule has 0 aromatic rings. The summed E-state index contributed by atoms with van der Waals surface area (Å²) >= 11 is 0. The standard InChI is InChI=1S/C6H10NO3/c1-4(3-8)7-6(10)5(2)9/h4-5,9H,1-2H3,(H,7,10)/t4-,5?/m0/s1. The fourth-order valence-corrected chi connectivity index (χ4v) is 0.363. The molecule has 10 heavy (non-hydrogen) atoms. The number of rotatable bonds is 3. The number of nitrogens with one attached hydrogen (secondary N) is 1. The number of aliphatic hydroxyl groups excluding tert-OH is 1. The number of aliphatic hydroxyl groups is 1. The number of carbonyl (C=O) groups is 1. The molecule has 0 aromatic carbocycles. The second-order valence-corrected chi connectivity index (χ2v) is 2.02. The van der Waals surface area contributed by atoms with Gasteiger partial charge in [0.15, 0.2) is 0 Å². The Bertz CT molecular complexity index is 133. The Balaban J connectivity index is 3.68. The third-order valence-corrected chi connectivity index (χ3v) is 0.915. The van der Waals surface area contributed by atoms with Crippen molar-refractivity contribution in [2.45, 2.75) is 26.0 Å². The minimum Gasteiger partial charge on any atom is -0.384 e. The highest BCUT2D eigenvalue weighted by molar-refractivity contribution is 5.82. The van der Waals surface area contributed by atoms with E-state index in [0.717, 1.165) is 0 Å². The molecule has 1 amide bonds. The number of hydrogen-bond donors (Lipinski definition) is 2. The highest BCUT2D eigenvalue weighted by atomic mass is 16.3. The SMILES string of the molecule is CC(O)C(=O)N[C@@H](C)[C]=O. The van der Waals surface area contributed by atoms with Crippen LogP contribution in [0.15, 0.2) is 0 Å². The molecule has 2 atom stereocenters. The monoisotopic (exact) mass is 144 g/mol. The van der Waals surface area contributed by atoms with Crippen LogP contribution >= 0.6 is 0 Å². The van der Waals surface area contributed by atoms with E-state index in [-0.39, 0.29) is 0 Å². The summed E-state index contributed by atoms with van der Waals surface area (Å²) in [6.45, 7) is 2.81. The molecular formula is C6H10NO3. The van der Waals surface area contributed by atoms with Gasteiger partial charge in [-0.2, -0.15) is 0 Å². The van der Waals surface area contributed by atoms with Gasteiger partial charge in [0.2, 0.25) is 12.2 Å². The maximum absolute atomic E-state index is 10.6. The van der Waals surface area contributed by atoms with Crippen molar-refractivity contribution in [3.8, 4) is 0 Å². The van der Waals surface area contributed by atoms with Crippen molar-refractivity contribution in [3.63, 3.8) is 0 Å². The van der Waals surface area contributed by atoms with E-state index in [1.54, 1.807) is 6.29 Å². The third-order valence-electron chi connectivity index (χ3n) is 0.915. The van der Waals surface area contributed by atoms with E-state index in [1.807, 2.05) is 0 Å². The van der Waals surface area contributed by atoms with Gasteiger partial charge in [-0.1, -0.05) is 0 Å². The Morgan fingerprint density at radius 2 is 2.10 bits per heavy atom. The number of amides is 1. The Kier molecular flexibility index (Phi) is 3.64. The van der Waals surface area contributed by atoms with Crippen LogP contribution in [0.1, 0.15) is 13.8 Å². The summed E-state index contributed by atoms with van der Waals surface area (Å²) in [4.78, 5) is 20.4. The second-order valence-electron chi connectivity index (χ2n) is 2.02. The van der Waals surface area contributed by atoms with Crippen molar-refractivity contribution < 1.29 is 14.7 Å². The van der Waals surface area contributed by atoms with Gasteiger partial charge in [0.25, 0.3) is 0 Å². The quantitative estimate of drug-likeness (QED) is 0.533. The molecule has 0 aliphatic heterocycles. The summed E-state index contributed by atoms with van der Waals surface area (Å²) in [6.07, 6.45) is 0.484. The molecule has 0 fully saturated rings. The van der Waals surface area contributed by atoms with E-state index in [2.05, 4.69) is 5.32 Å². The highest BCUT2D eigenvalue weighted by Gasteiger charge is 2.10. The average Bonchev–Trinajstić information content (AvgIpc) is 1.87. The smallest absolute Gasteiger partial charge is 0.249 e. The normalized spacial score (nSPS) is 15.5. The molecular weight excluding hydrogens is 134 g/mol. The summed E-state index contributed by atoms with van der Waals surface area (Å²) in [5, 5.41) is 10.8. The van der Waals surface area contributed by atoms with Crippen LogP contribution in [0.25, 0.3) is 0 Å². The van der Waals surface area contributed by atoms with Gasteiger partial charge in [-0.05, 0) is 13.8 Å². The van der Waals surface area contributed by atoms with Gasteiger partial charge in [-0.25, -0.2) is 0 Å². The molecule has 0 aliphatic rings. The van der Waals surface area contributed by atoms with Crippen LogP contribution in [-0.2, 0) is 9.59 Å². The average molecular weight is 144 g/mol. The number of carbonyl (C=O) groups excluding carboxylic acids is 2. The molecule has 0 rings (SSSR count). The van der Waals surface area contributed by atoms with Gasteiger partial charge < -0.3 is 10.4 Å². The van der Waals surface area contributed by atoms with Crippen molar-refractivity contribution in [3.05, 3.63) is 0 Å². The molecule has 0 saturated carbocycles. The fraction of sp³-hybridized carbons (Fsp3) is 0.667. The molecule has 0 spiro atoms. The highest BCUT2D eigenvalue weighted by Crippen LogP contribution is 1.81. The van der Waals surface area contributed by atoms with E-state index in [1.165, 1.54) is 13.8 Å². The van der Waals surface area contributed by atoms with Crippen LogP contribution in [0.3, 0.4) is 0 Å². The van der Waals surface area contributed by atoms with Crippen LogP contribution in [-0.4, -0.2) is 29.4 Å². The molecule has 0 saturated heterocycles. The molecule has 57 valence electrons. The van der Waals surface area contributed by atoms with Crippen LogP contribution in [0.4, 0.5) is 0 Å². The zero-order chi connectivity index (χ0) is 8.15. The van der Waals surface area contributed by atoms with E-state index >= 15 is 0 Å². The van der Waals surface area contributed by atoms with Gasteiger partial charge >= 0.3 is 0 Å². The van der Waals surface area contributed by atoms with Gasteiger partial charge in [0.05, 0.1) is 6.04 Å². The fourth-order valence-electron chi connectivity index (χ4n) is 0.363. The molecule has 0 aromatic heterocycles. The molecule has 1 unspecified atom stereocenters. The Morgan fingerprint density at radius 3 is 2.40 bits per heavy atom. The first-order valence-electron chi connectivity index (χ1n) is 2.94. The van der Waals surface area contributed by atoms with E-state index in [0.29, 0.717) is 0 Å². The lowest BCUT2D eigenvalue weighted by atomic mass is 10.3. The Morgan fingerprint density at radius 1 is 1.60 bits per heavy atom. The van der Waals surface area contributed by atoms with Crippen molar-refractivity contribution in [1.82, 2.24) is 5.32 Å². The van der Waals surface area contributed by atoms with Gasteiger partial charge in [-0.3, -0.25) is 9.59 Å². The molecule has 1 radical (unpaired) electrons. The number of hydrogen-bond acceptors (Lipinski definition) is 3. The van der Waals surface area contributed by atoms with Crippen molar-refractivity contribution in [2.24, 2.45) is 0 Å². The molecule has 4 nitrogen and oxygen atoms in total. The topological polar surface area (TPSA) is 66.4 Å². The van der Waals surface area contributed by atoms with Crippen LogP contribution in [0.5, 0.6) is 0 Å². The van der Waals surface area contributed by atoms with Gasteiger partial charge in [0, 0.05) is 0 Å². The predicted molar refractivity (Wildman–Crippen MR) is 35.0 cm³/mol. The summed E-state index contributed by atoms with van der Waals surface area (Å²) in [7, 11) is 0. The lowest BCUT2D eigenvalue weighted by Crippen LogP contribution is -2.39. The summed E-state index contributed by atoms with van der Waals surface area (Å²) in [5.74, 6) is -0.559. The Labute approximate surface area is 59.2 Å². The summed E-state index contributed by atoms with van der Waals surface area (Å²) < 4.78 is 0. The third kappa shape index (κ3) is 3.19. The molecule has 0 bridgehead atoms. The van der Waals surface area contributed by atoms with E-state index < -0.39 is 18.1 Å². The van der Waals surface area contributed by atoms with Gasteiger partial charge in [-0.15, -0.1) is 0 Å². The maximum Gasteiger partial charge on any atom is 0.249 e. The van der Waals surface area contributed by atoms with Crippen molar-refractivity contribution >= 4 is 12.2 Å². The van der Waals surface area contributed by atoms with Crippen LogP contribution in [0, 0.1) is 0 Å². The van der Waals surface area contributed by atoms with Crippen molar-refractivity contribution in [2.75, 3.05) is 0 Å². The molecule has 4 heteroatoms. The first-order chi connectivity index (χ1) is 4.57. The second kappa shape index (κ2) is 4.00. The molecule has 0 heterocycles. The zero-order valence-electron chi connectivity index (χ0n) is 5.92. The zero-order valence-corrected chi connectivity index (χ0v) is 5.92. The molecule has 2 N–H and O–H groups in total. The van der Waals surface area contributed by atoms with Crippen LogP contribution in [0.2, 0.25) is 0 Å². The first-order valence-corrected chi connectivity index (χ1v) is 2.94. The van der Waals surface area contributed by atoms with Crippen molar-refractivity contribution in [1.29, 1.82) is 0 Å². The maximum atomic E-state index is 10.6. The van der Waals surface area contributed by atoms with Crippen LogP contribution < -0.4 is 5.32 Å².